The summed E-state index contributed by atoms with van der Waals surface area (Å²) in [4.78, 5) is 12.0. The highest BCUT2D eigenvalue weighted by Crippen LogP contribution is 2.24. The fourth-order valence-electron chi connectivity index (χ4n) is 2.11. The molecular formula is C17H14BrN3OS. The Bertz CT molecular complexity index is 744. The second kappa shape index (κ2) is 7.57. The van der Waals surface area contributed by atoms with Crippen LogP contribution in [0.5, 0.6) is 0 Å². The molecule has 0 unspecified atom stereocenters. The maximum atomic E-state index is 12.0. The van der Waals surface area contributed by atoms with E-state index in [0.717, 1.165) is 15.6 Å². The van der Waals surface area contributed by atoms with Crippen molar-refractivity contribution < 1.29 is 4.79 Å². The fraction of sp³-hybridized carbons (Fsp3) is 0.118. The Morgan fingerprint density at radius 2 is 1.87 bits per heavy atom. The number of nitrogens with one attached hydrogen (secondary N) is 1. The smallest absolute Gasteiger partial charge is 0.239 e. The maximum absolute atomic E-state index is 12.0. The first-order chi connectivity index (χ1) is 11.2. The third-order valence-corrected chi connectivity index (χ3v) is 4.87. The van der Waals surface area contributed by atoms with Gasteiger partial charge in [-0.05, 0) is 29.7 Å². The molecule has 1 amide bonds. The average Bonchev–Trinajstić information content (AvgIpc) is 2.90. The number of halogens is 1. The van der Waals surface area contributed by atoms with Gasteiger partial charge in [0, 0.05) is 4.47 Å². The maximum Gasteiger partial charge on any atom is 0.239 e. The van der Waals surface area contributed by atoms with E-state index in [1.165, 1.54) is 11.8 Å². The number of benzene rings is 2. The molecular weight excluding hydrogens is 374 g/mol. The van der Waals surface area contributed by atoms with Gasteiger partial charge < -0.3 is 5.32 Å². The predicted octanol–water partition coefficient (Wildman–Crippen LogP) is 3.61. The number of carbonyl (C=O) groups excluding carboxylic acids is 1. The third kappa shape index (κ3) is 4.53. The van der Waals surface area contributed by atoms with E-state index in [9.17, 15) is 4.79 Å². The van der Waals surface area contributed by atoms with Crippen LogP contribution in [-0.4, -0.2) is 22.5 Å². The van der Waals surface area contributed by atoms with Gasteiger partial charge in [-0.2, -0.15) is 5.10 Å². The molecule has 2 aromatic carbocycles. The summed E-state index contributed by atoms with van der Waals surface area (Å²) >= 11 is 4.82. The number of carbonyl (C=O) groups is 1. The SMILES string of the molecule is O=C1N/C(=N\N=C/c2ccccc2)S[C@H]1Cc1ccc(Br)cc1. The second-order valence-corrected chi connectivity index (χ2v) is 7.09. The van der Waals surface area contributed by atoms with Crippen LogP contribution in [0.3, 0.4) is 0 Å². The van der Waals surface area contributed by atoms with Crippen LogP contribution in [0.2, 0.25) is 0 Å². The van der Waals surface area contributed by atoms with Gasteiger partial charge >= 0.3 is 0 Å². The van der Waals surface area contributed by atoms with Crippen molar-refractivity contribution in [2.45, 2.75) is 11.7 Å². The lowest BCUT2D eigenvalue weighted by molar-refractivity contribution is -0.118. The van der Waals surface area contributed by atoms with Crippen molar-refractivity contribution in [3.8, 4) is 0 Å². The van der Waals surface area contributed by atoms with E-state index in [1.807, 2.05) is 54.6 Å². The molecule has 0 aromatic heterocycles. The monoisotopic (exact) mass is 387 g/mol. The first kappa shape index (κ1) is 16.0. The summed E-state index contributed by atoms with van der Waals surface area (Å²) in [5.74, 6) is -0.0217. The summed E-state index contributed by atoms with van der Waals surface area (Å²) in [6, 6.07) is 17.7. The zero-order chi connectivity index (χ0) is 16.1. The lowest BCUT2D eigenvalue weighted by Crippen LogP contribution is -2.25. The first-order valence-electron chi connectivity index (χ1n) is 7.09. The molecule has 1 atom stereocenters. The molecule has 4 nitrogen and oxygen atoms in total. The summed E-state index contributed by atoms with van der Waals surface area (Å²) in [7, 11) is 0. The summed E-state index contributed by atoms with van der Waals surface area (Å²) < 4.78 is 1.03. The van der Waals surface area contributed by atoms with Crippen LogP contribution in [-0.2, 0) is 11.2 Å². The van der Waals surface area contributed by atoms with Crippen LogP contribution in [0.1, 0.15) is 11.1 Å². The van der Waals surface area contributed by atoms with Gasteiger partial charge in [-0.15, -0.1) is 5.10 Å². The summed E-state index contributed by atoms with van der Waals surface area (Å²) in [6.07, 6.45) is 2.34. The van der Waals surface area contributed by atoms with Gasteiger partial charge in [-0.1, -0.05) is 70.2 Å². The van der Waals surface area contributed by atoms with Gasteiger partial charge in [0.05, 0.1) is 11.5 Å². The first-order valence-corrected chi connectivity index (χ1v) is 8.76. The number of hydrogen-bond acceptors (Lipinski definition) is 4. The second-order valence-electron chi connectivity index (χ2n) is 4.99. The molecule has 3 rings (SSSR count). The molecule has 0 saturated carbocycles. The largest absolute Gasteiger partial charge is 0.303 e. The van der Waals surface area contributed by atoms with Crippen molar-refractivity contribution in [1.82, 2.24) is 5.32 Å². The number of hydrogen-bond donors (Lipinski definition) is 1. The van der Waals surface area contributed by atoms with Crippen molar-refractivity contribution in [2.24, 2.45) is 10.2 Å². The van der Waals surface area contributed by atoms with Crippen LogP contribution >= 0.6 is 27.7 Å². The van der Waals surface area contributed by atoms with E-state index in [-0.39, 0.29) is 11.2 Å². The van der Waals surface area contributed by atoms with Crippen molar-refractivity contribution >= 4 is 45.0 Å². The Balaban J connectivity index is 1.61. The highest BCUT2D eigenvalue weighted by atomic mass is 79.9. The normalized spacial score (nSPS) is 19.4. The number of nitrogens with zero attached hydrogens (tertiary/aromatic N) is 2. The van der Waals surface area contributed by atoms with E-state index >= 15 is 0 Å². The van der Waals surface area contributed by atoms with Crippen LogP contribution in [0.15, 0.2) is 69.3 Å². The van der Waals surface area contributed by atoms with Gasteiger partial charge in [0.1, 0.15) is 0 Å². The van der Waals surface area contributed by atoms with E-state index in [2.05, 4.69) is 31.4 Å². The van der Waals surface area contributed by atoms with Crippen molar-refractivity contribution in [1.29, 1.82) is 0 Å². The molecule has 2 aromatic rings. The zero-order valence-electron chi connectivity index (χ0n) is 12.1. The highest BCUT2D eigenvalue weighted by molar-refractivity contribution is 9.10. The Morgan fingerprint density at radius 3 is 2.61 bits per heavy atom. The van der Waals surface area contributed by atoms with Gasteiger partial charge in [0.15, 0.2) is 5.17 Å². The molecule has 23 heavy (non-hydrogen) atoms. The number of thioether (sulfide) groups is 1. The minimum absolute atomic E-state index is 0.0217. The number of rotatable bonds is 4. The number of amidine groups is 1. The van der Waals surface area contributed by atoms with E-state index in [1.54, 1.807) is 6.21 Å². The number of amides is 1. The summed E-state index contributed by atoms with van der Waals surface area (Å²) in [5.41, 5.74) is 2.09. The minimum Gasteiger partial charge on any atom is -0.303 e. The summed E-state index contributed by atoms with van der Waals surface area (Å²) in [5, 5.41) is 11.3. The van der Waals surface area contributed by atoms with Gasteiger partial charge in [0.25, 0.3) is 0 Å². The van der Waals surface area contributed by atoms with Crippen molar-refractivity contribution in [3.63, 3.8) is 0 Å². The van der Waals surface area contributed by atoms with Crippen molar-refractivity contribution in [2.75, 3.05) is 0 Å². The van der Waals surface area contributed by atoms with E-state index in [0.29, 0.717) is 11.6 Å². The van der Waals surface area contributed by atoms with E-state index in [4.69, 9.17) is 0 Å². The minimum atomic E-state index is -0.165. The van der Waals surface area contributed by atoms with Gasteiger partial charge in [-0.25, -0.2) is 0 Å². The lowest BCUT2D eigenvalue weighted by atomic mass is 10.1. The Labute approximate surface area is 147 Å². The summed E-state index contributed by atoms with van der Waals surface area (Å²) in [6.45, 7) is 0. The Morgan fingerprint density at radius 1 is 1.13 bits per heavy atom. The molecule has 116 valence electrons. The molecule has 1 aliphatic rings. The molecule has 1 heterocycles. The molecule has 1 aliphatic heterocycles. The van der Waals surface area contributed by atoms with Crippen LogP contribution in [0.25, 0.3) is 0 Å². The van der Waals surface area contributed by atoms with Crippen molar-refractivity contribution in [3.05, 3.63) is 70.2 Å². The van der Waals surface area contributed by atoms with Gasteiger partial charge in [-0.3, -0.25) is 4.79 Å². The predicted molar refractivity (Wildman–Crippen MR) is 98.8 cm³/mol. The third-order valence-electron chi connectivity index (χ3n) is 3.27. The standard InChI is InChI=1S/C17H14BrN3OS/c18-14-8-6-12(7-9-14)10-15-16(22)20-17(23-15)21-19-11-13-4-2-1-3-5-13/h1-9,11,15H,10H2,(H,20,21,22)/b19-11-/t15-/m0/s1. The fourth-order valence-corrected chi connectivity index (χ4v) is 3.34. The van der Waals surface area contributed by atoms with Crippen LogP contribution in [0.4, 0.5) is 0 Å². The average molecular weight is 388 g/mol. The topological polar surface area (TPSA) is 53.8 Å². The lowest BCUT2D eigenvalue weighted by Gasteiger charge is -2.05. The quantitative estimate of drug-likeness (QED) is 0.643. The Kier molecular flexibility index (Phi) is 5.25. The Hall–Kier alpha value is -1.92. The molecule has 0 bridgehead atoms. The van der Waals surface area contributed by atoms with E-state index < -0.39 is 0 Å². The highest BCUT2D eigenvalue weighted by Gasteiger charge is 2.30. The molecule has 1 fully saturated rings. The zero-order valence-corrected chi connectivity index (χ0v) is 14.5. The molecule has 0 radical (unpaired) electrons. The molecule has 1 N–H and O–H groups in total. The molecule has 6 heteroatoms. The van der Waals surface area contributed by atoms with Gasteiger partial charge in [0.2, 0.25) is 5.91 Å². The molecule has 0 spiro atoms. The van der Waals surface area contributed by atoms with Crippen LogP contribution in [0, 0.1) is 0 Å². The molecule has 0 aliphatic carbocycles. The molecule has 1 saturated heterocycles. The van der Waals surface area contributed by atoms with Crippen LogP contribution < -0.4 is 5.32 Å².